The number of fused-ring (bicyclic) bond motifs is 1. The number of carbonyl (C=O) groups is 1. The number of hydrogen-bond donors (Lipinski definition) is 0. The molecule has 1 fully saturated rings. The molecule has 0 spiro atoms. The van der Waals surface area contributed by atoms with Gasteiger partial charge < -0.3 is 14.5 Å². The summed E-state index contributed by atoms with van der Waals surface area (Å²) in [7, 11) is 5.88. The van der Waals surface area contributed by atoms with E-state index >= 15 is 0 Å². The number of aryl methyl sites for hydroxylation is 1. The molecular formula is C18H23N7O2. The molecule has 9 heteroatoms. The van der Waals surface area contributed by atoms with E-state index in [1.807, 2.05) is 38.4 Å². The van der Waals surface area contributed by atoms with E-state index in [2.05, 4.69) is 20.1 Å². The molecule has 3 aromatic heterocycles. The highest BCUT2D eigenvalue weighted by Gasteiger charge is 2.37. The number of aromatic nitrogens is 5. The number of pyridine rings is 1. The predicted octanol–water partition coefficient (Wildman–Crippen LogP) is 0.607. The summed E-state index contributed by atoms with van der Waals surface area (Å²) >= 11 is 0. The van der Waals surface area contributed by atoms with Crippen molar-refractivity contribution in [2.75, 3.05) is 33.8 Å². The van der Waals surface area contributed by atoms with Crippen LogP contribution in [0.2, 0.25) is 0 Å². The van der Waals surface area contributed by atoms with Crippen molar-refractivity contribution < 1.29 is 9.53 Å². The fourth-order valence-electron chi connectivity index (χ4n) is 3.58. The second kappa shape index (κ2) is 7.09. The molecule has 0 aliphatic carbocycles. The minimum atomic E-state index is -0.198. The van der Waals surface area contributed by atoms with Crippen molar-refractivity contribution in [2.45, 2.75) is 12.1 Å². The summed E-state index contributed by atoms with van der Waals surface area (Å²) in [6, 6.07) is 3.35. The maximum absolute atomic E-state index is 13.4. The normalized spacial score (nSPS) is 20.5. The van der Waals surface area contributed by atoms with Gasteiger partial charge in [0.15, 0.2) is 5.65 Å². The molecule has 4 rings (SSSR count). The molecule has 1 saturated heterocycles. The maximum atomic E-state index is 13.4. The highest BCUT2D eigenvalue weighted by Crippen LogP contribution is 2.31. The van der Waals surface area contributed by atoms with Gasteiger partial charge >= 0.3 is 0 Å². The Kier molecular flexibility index (Phi) is 4.63. The van der Waals surface area contributed by atoms with E-state index < -0.39 is 0 Å². The van der Waals surface area contributed by atoms with Crippen molar-refractivity contribution in [1.29, 1.82) is 0 Å². The second-order valence-electron chi connectivity index (χ2n) is 7.04. The van der Waals surface area contributed by atoms with Gasteiger partial charge in [0.2, 0.25) is 0 Å². The zero-order chi connectivity index (χ0) is 19.0. The van der Waals surface area contributed by atoms with Gasteiger partial charge in [0.05, 0.1) is 24.9 Å². The van der Waals surface area contributed by atoms with E-state index in [0.29, 0.717) is 30.9 Å². The molecule has 1 amide bonds. The SMILES string of the molecule is CN(C)C[C@@H]1OCCN(C(=O)c2ccn3ncnc3c2)[C@H]1c1cnn(C)c1. The third-order valence-electron chi connectivity index (χ3n) is 4.75. The molecule has 0 bridgehead atoms. The molecule has 0 aromatic carbocycles. The molecule has 1 aliphatic rings. The van der Waals surface area contributed by atoms with Crippen LogP contribution in [0.5, 0.6) is 0 Å². The summed E-state index contributed by atoms with van der Waals surface area (Å²) in [4.78, 5) is 21.5. The van der Waals surface area contributed by atoms with Crippen molar-refractivity contribution >= 4 is 11.6 Å². The molecule has 3 aromatic rings. The summed E-state index contributed by atoms with van der Waals surface area (Å²) in [6.07, 6.45) is 6.86. The molecule has 0 N–H and O–H groups in total. The third-order valence-corrected chi connectivity index (χ3v) is 4.75. The van der Waals surface area contributed by atoms with Crippen LogP contribution in [-0.2, 0) is 11.8 Å². The van der Waals surface area contributed by atoms with Crippen molar-refractivity contribution in [1.82, 2.24) is 34.2 Å². The van der Waals surface area contributed by atoms with Crippen LogP contribution >= 0.6 is 0 Å². The summed E-state index contributed by atoms with van der Waals surface area (Å²) < 4.78 is 9.43. The van der Waals surface area contributed by atoms with Gasteiger partial charge in [-0.1, -0.05) is 0 Å². The van der Waals surface area contributed by atoms with E-state index in [4.69, 9.17) is 4.74 Å². The Balaban J connectivity index is 1.69. The van der Waals surface area contributed by atoms with Crippen LogP contribution in [0.15, 0.2) is 37.1 Å². The molecule has 0 unspecified atom stereocenters. The first-order valence-corrected chi connectivity index (χ1v) is 8.88. The quantitative estimate of drug-likeness (QED) is 0.670. The number of morpholine rings is 1. The predicted molar refractivity (Wildman–Crippen MR) is 98.3 cm³/mol. The maximum Gasteiger partial charge on any atom is 0.254 e. The lowest BCUT2D eigenvalue weighted by Crippen LogP contribution is -2.51. The van der Waals surface area contributed by atoms with Crippen LogP contribution in [0.1, 0.15) is 22.0 Å². The topological polar surface area (TPSA) is 80.8 Å². The number of ether oxygens (including phenoxy) is 1. The molecule has 2 atom stereocenters. The largest absolute Gasteiger partial charge is 0.373 e. The smallest absolute Gasteiger partial charge is 0.254 e. The number of likely N-dealkylation sites (N-methyl/N-ethyl adjacent to an activating group) is 1. The van der Waals surface area contributed by atoms with Gasteiger partial charge in [-0.2, -0.15) is 10.2 Å². The summed E-state index contributed by atoms with van der Waals surface area (Å²) in [6.45, 7) is 1.75. The number of amides is 1. The van der Waals surface area contributed by atoms with Crippen molar-refractivity contribution in [3.05, 3.63) is 48.2 Å². The van der Waals surface area contributed by atoms with Crippen LogP contribution in [0.3, 0.4) is 0 Å². The van der Waals surface area contributed by atoms with Gasteiger partial charge in [-0.25, -0.2) is 9.50 Å². The lowest BCUT2D eigenvalue weighted by atomic mass is 9.99. The Labute approximate surface area is 157 Å². The summed E-state index contributed by atoms with van der Waals surface area (Å²) in [5.74, 6) is -0.0404. The molecule has 9 nitrogen and oxygen atoms in total. The monoisotopic (exact) mass is 369 g/mol. The Hall–Kier alpha value is -2.78. The standard InChI is InChI=1S/C18H23N7O2/c1-22(2)11-15-17(14-9-20-23(3)10-14)24(6-7-27-15)18(26)13-4-5-25-16(8-13)19-12-21-25/h4-5,8-10,12,15,17H,6-7,11H2,1-3H3/t15-,17-/m0/s1. The highest BCUT2D eigenvalue weighted by atomic mass is 16.5. The molecule has 27 heavy (non-hydrogen) atoms. The molecule has 1 aliphatic heterocycles. The summed E-state index contributed by atoms with van der Waals surface area (Å²) in [5.41, 5.74) is 2.22. The fraction of sp³-hybridized carbons (Fsp3) is 0.444. The van der Waals surface area contributed by atoms with Gasteiger partial charge in [-0.3, -0.25) is 9.48 Å². The number of carbonyl (C=O) groups excluding carboxylic acids is 1. The van der Waals surface area contributed by atoms with Crippen LogP contribution < -0.4 is 0 Å². The first-order chi connectivity index (χ1) is 13.0. The van der Waals surface area contributed by atoms with E-state index in [1.54, 1.807) is 27.5 Å². The average molecular weight is 369 g/mol. The van der Waals surface area contributed by atoms with Gasteiger partial charge in [-0.05, 0) is 26.2 Å². The molecule has 0 saturated carbocycles. The third kappa shape index (κ3) is 3.43. The van der Waals surface area contributed by atoms with E-state index in [1.165, 1.54) is 6.33 Å². The van der Waals surface area contributed by atoms with Crippen molar-refractivity contribution in [3.8, 4) is 0 Å². The summed E-state index contributed by atoms with van der Waals surface area (Å²) in [5, 5.41) is 8.38. The molecule has 0 radical (unpaired) electrons. The van der Waals surface area contributed by atoms with Gasteiger partial charge in [0, 0.05) is 43.7 Å². The van der Waals surface area contributed by atoms with Crippen LogP contribution in [0, 0.1) is 0 Å². The Bertz CT molecular complexity index is 948. The lowest BCUT2D eigenvalue weighted by Gasteiger charge is -2.41. The average Bonchev–Trinajstić information content (AvgIpc) is 3.28. The molecular weight excluding hydrogens is 346 g/mol. The Morgan fingerprint density at radius 3 is 2.96 bits per heavy atom. The Morgan fingerprint density at radius 2 is 2.22 bits per heavy atom. The molecule has 142 valence electrons. The van der Waals surface area contributed by atoms with E-state index in [-0.39, 0.29) is 18.1 Å². The van der Waals surface area contributed by atoms with E-state index in [9.17, 15) is 4.79 Å². The van der Waals surface area contributed by atoms with E-state index in [0.717, 1.165) is 5.56 Å². The zero-order valence-corrected chi connectivity index (χ0v) is 15.7. The van der Waals surface area contributed by atoms with Gasteiger partial charge in [0.1, 0.15) is 6.33 Å². The number of hydrogen-bond acceptors (Lipinski definition) is 6. The van der Waals surface area contributed by atoms with Crippen LogP contribution in [0.25, 0.3) is 5.65 Å². The lowest BCUT2D eigenvalue weighted by molar-refractivity contribution is -0.0684. The van der Waals surface area contributed by atoms with Gasteiger partial charge in [-0.15, -0.1) is 0 Å². The minimum Gasteiger partial charge on any atom is -0.373 e. The first-order valence-electron chi connectivity index (χ1n) is 8.88. The fourth-order valence-corrected chi connectivity index (χ4v) is 3.58. The zero-order valence-electron chi connectivity index (χ0n) is 15.7. The number of rotatable bonds is 4. The van der Waals surface area contributed by atoms with Crippen LogP contribution in [-0.4, -0.2) is 80.0 Å². The van der Waals surface area contributed by atoms with Crippen molar-refractivity contribution in [2.24, 2.45) is 7.05 Å². The Morgan fingerprint density at radius 1 is 1.37 bits per heavy atom. The number of nitrogens with zero attached hydrogens (tertiary/aromatic N) is 7. The van der Waals surface area contributed by atoms with Crippen molar-refractivity contribution in [3.63, 3.8) is 0 Å². The first kappa shape index (κ1) is 17.6. The van der Waals surface area contributed by atoms with Gasteiger partial charge in [0.25, 0.3) is 5.91 Å². The molecule has 4 heterocycles. The highest BCUT2D eigenvalue weighted by molar-refractivity contribution is 5.95. The second-order valence-corrected chi connectivity index (χ2v) is 7.04. The van der Waals surface area contributed by atoms with Crippen LogP contribution in [0.4, 0.5) is 0 Å². The minimum absolute atomic E-state index is 0.0404.